The van der Waals surface area contributed by atoms with Gasteiger partial charge in [0.25, 0.3) is 0 Å². The fourth-order valence-corrected chi connectivity index (χ4v) is 2.24. The molecule has 1 N–H and O–H groups in total. The maximum Gasteiger partial charge on any atom is 0.224 e. The van der Waals surface area contributed by atoms with E-state index in [4.69, 9.17) is 9.47 Å². The second-order valence-electron chi connectivity index (χ2n) is 4.96. The number of hydrogen-bond acceptors (Lipinski definition) is 3. The molecule has 0 unspecified atom stereocenters. The maximum absolute atomic E-state index is 11.9. The lowest BCUT2D eigenvalue weighted by molar-refractivity contribution is -0.120. The third kappa shape index (κ3) is 3.54. The third-order valence-corrected chi connectivity index (χ3v) is 3.30. The Labute approximate surface area is 123 Å². The fraction of sp³-hybridized carbons (Fsp3) is 0.235. The lowest BCUT2D eigenvalue weighted by atomic mass is 10.1. The standard InChI is InChI=1S/C17H17NO3/c19-17(10-13-6-2-1-3-7-13)18-11-14-12-20-15-8-4-5-9-16(15)21-14/h1-9,14H,10-12H2,(H,18,19)/t14-/m0/s1. The molecule has 1 atom stereocenters. The molecule has 0 bridgehead atoms. The molecule has 21 heavy (non-hydrogen) atoms. The number of ether oxygens (including phenoxy) is 2. The molecule has 0 saturated heterocycles. The van der Waals surface area contributed by atoms with Crippen LogP contribution in [-0.2, 0) is 11.2 Å². The van der Waals surface area contributed by atoms with Crippen LogP contribution in [0.1, 0.15) is 5.56 Å². The SMILES string of the molecule is O=C(Cc1ccccc1)NC[C@H]1COc2ccccc2O1. The van der Waals surface area contributed by atoms with Gasteiger partial charge in [0.1, 0.15) is 12.7 Å². The highest BCUT2D eigenvalue weighted by Gasteiger charge is 2.20. The monoisotopic (exact) mass is 283 g/mol. The fourth-order valence-electron chi connectivity index (χ4n) is 2.24. The van der Waals surface area contributed by atoms with Crippen LogP contribution in [0.2, 0.25) is 0 Å². The molecule has 1 aliphatic rings. The van der Waals surface area contributed by atoms with Crippen LogP contribution < -0.4 is 14.8 Å². The number of benzene rings is 2. The molecule has 2 aromatic rings. The highest BCUT2D eigenvalue weighted by atomic mass is 16.6. The van der Waals surface area contributed by atoms with Gasteiger partial charge in [0.15, 0.2) is 11.5 Å². The molecule has 3 rings (SSSR count). The summed E-state index contributed by atoms with van der Waals surface area (Å²) < 4.78 is 11.4. The van der Waals surface area contributed by atoms with Gasteiger partial charge in [0, 0.05) is 0 Å². The summed E-state index contributed by atoms with van der Waals surface area (Å²) in [5.74, 6) is 1.47. The Morgan fingerprint density at radius 1 is 1.05 bits per heavy atom. The summed E-state index contributed by atoms with van der Waals surface area (Å²) in [7, 11) is 0. The van der Waals surface area contributed by atoms with Crippen molar-refractivity contribution in [1.82, 2.24) is 5.32 Å². The van der Waals surface area contributed by atoms with Crippen LogP contribution in [-0.4, -0.2) is 25.2 Å². The molecule has 0 saturated carbocycles. The number of para-hydroxylation sites is 2. The molecule has 2 aromatic carbocycles. The number of hydrogen-bond donors (Lipinski definition) is 1. The number of rotatable bonds is 4. The predicted octanol–water partition coefficient (Wildman–Crippen LogP) is 2.19. The Hall–Kier alpha value is -2.49. The highest BCUT2D eigenvalue weighted by Crippen LogP contribution is 2.30. The van der Waals surface area contributed by atoms with E-state index in [1.54, 1.807) is 0 Å². The number of amides is 1. The van der Waals surface area contributed by atoms with E-state index in [0.717, 1.165) is 17.1 Å². The summed E-state index contributed by atoms with van der Waals surface area (Å²) in [6.45, 7) is 0.891. The molecule has 4 heteroatoms. The van der Waals surface area contributed by atoms with Gasteiger partial charge >= 0.3 is 0 Å². The summed E-state index contributed by atoms with van der Waals surface area (Å²) in [5, 5.41) is 2.89. The molecule has 0 aromatic heterocycles. The number of carbonyl (C=O) groups is 1. The van der Waals surface area contributed by atoms with E-state index in [-0.39, 0.29) is 12.0 Å². The topological polar surface area (TPSA) is 47.6 Å². The summed E-state index contributed by atoms with van der Waals surface area (Å²) in [4.78, 5) is 11.9. The van der Waals surface area contributed by atoms with Gasteiger partial charge in [0.05, 0.1) is 13.0 Å². The van der Waals surface area contributed by atoms with Crippen molar-refractivity contribution < 1.29 is 14.3 Å². The van der Waals surface area contributed by atoms with Crippen LogP contribution >= 0.6 is 0 Å². The van der Waals surface area contributed by atoms with Gasteiger partial charge in [-0.2, -0.15) is 0 Å². The lowest BCUT2D eigenvalue weighted by Gasteiger charge is -2.26. The van der Waals surface area contributed by atoms with Crippen molar-refractivity contribution >= 4 is 5.91 Å². The first-order valence-corrected chi connectivity index (χ1v) is 7.00. The first-order valence-electron chi connectivity index (χ1n) is 7.00. The van der Waals surface area contributed by atoms with Crippen molar-refractivity contribution in [3.63, 3.8) is 0 Å². The van der Waals surface area contributed by atoms with Crippen molar-refractivity contribution in [3.8, 4) is 11.5 Å². The summed E-state index contributed by atoms with van der Waals surface area (Å²) >= 11 is 0. The molecule has 1 aliphatic heterocycles. The average molecular weight is 283 g/mol. The van der Waals surface area contributed by atoms with E-state index in [9.17, 15) is 4.79 Å². The van der Waals surface area contributed by atoms with E-state index in [1.807, 2.05) is 54.6 Å². The summed E-state index contributed by atoms with van der Waals surface area (Å²) in [6, 6.07) is 17.2. The van der Waals surface area contributed by atoms with E-state index >= 15 is 0 Å². The van der Waals surface area contributed by atoms with E-state index < -0.39 is 0 Å². The Morgan fingerprint density at radius 2 is 1.76 bits per heavy atom. The second-order valence-corrected chi connectivity index (χ2v) is 4.96. The Balaban J connectivity index is 1.49. The van der Waals surface area contributed by atoms with Crippen LogP contribution in [0, 0.1) is 0 Å². The maximum atomic E-state index is 11.9. The smallest absolute Gasteiger partial charge is 0.224 e. The molecular formula is C17H17NO3. The zero-order chi connectivity index (χ0) is 14.5. The molecule has 108 valence electrons. The Kier molecular flexibility index (Phi) is 4.05. The molecule has 0 spiro atoms. The minimum Gasteiger partial charge on any atom is -0.486 e. The average Bonchev–Trinajstić information content (AvgIpc) is 2.54. The number of carbonyl (C=O) groups excluding carboxylic acids is 1. The Morgan fingerprint density at radius 3 is 2.57 bits per heavy atom. The van der Waals surface area contributed by atoms with Crippen LogP contribution in [0.25, 0.3) is 0 Å². The highest BCUT2D eigenvalue weighted by molar-refractivity contribution is 5.78. The van der Waals surface area contributed by atoms with Crippen molar-refractivity contribution in [2.45, 2.75) is 12.5 Å². The largest absolute Gasteiger partial charge is 0.486 e. The van der Waals surface area contributed by atoms with E-state index in [0.29, 0.717) is 19.6 Å². The first kappa shape index (κ1) is 13.5. The molecule has 4 nitrogen and oxygen atoms in total. The molecule has 1 heterocycles. The van der Waals surface area contributed by atoms with Gasteiger partial charge in [0.2, 0.25) is 5.91 Å². The molecule has 0 radical (unpaired) electrons. The second kappa shape index (κ2) is 6.31. The zero-order valence-electron chi connectivity index (χ0n) is 11.6. The minimum absolute atomic E-state index is 0.0105. The normalized spacial score (nSPS) is 16.3. The third-order valence-electron chi connectivity index (χ3n) is 3.30. The van der Waals surface area contributed by atoms with Gasteiger partial charge in [-0.3, -0.25) is 4.79 Å². The quantitative estimate of drug-likeness (QED) is 0.935. The zero-order valence-corrected chi connectivity index (χ0v) is 11.6. The number of fused-ring (bicyclic) bond motifs is 1. The number of nitrogens with one attached hydrogen (secondary N) is 1. The van der Waals surface area contributed by atoms with Gasteiger partial charge in [-0.1, -0.05) is 42.5 Å². The predicted molar refractivity (Wildman–Crippen MR) is 79.5 cm³/mol. The van der Waals surface area contributed by atoms with Gasteiger partial charge < -0.3 is 14.8 Å². The minimum atomic E-state index is -0.153. The Bertz CT molecular complexity index is 612. The first-order chi connectivity index (χ1) is 10.3. The van der Waals surface area contributed by atoms with Gasteiger partial charge in [-0.05, 0) is 17.7 Å². The molecule has 0 fully saturated rings. The van der Waals surface area contributed by atoms with Crippen LogP contribution in [0.4, 0.5) is 0 Å². The molecular weight excluding hydrogens is 266 g/mol. The van der Waals surface area contributed by atoms with Crippen molar-refractivity contribution in [3.05, 3.63) is 60.2 Å². The molecule has 0 aliphatic carbocycles. The van der Waals surface area contributed by atoms with Crippen LogP contribution in [0.15, 0.2) is 54.6 Å². The van der Waals surface area contributed by atoms with Crippen LogP contribution in [0.3, 0.4) is 0 Å². The van der Waals surface area contributed by atoms with E-state index in [1.165, 1.54) is 0 Å². The summed E-state index contributed by atoms with van der Waals surface area (Å²) in [5.41, 5.74) is 1.00. The van der Waals surface area contributed by atoms with Crippen LogP contribution in [0.5, 0.6) is 11.5 Å². The van der Waals surface area contributed by atoms with Crippen molar-refractivity contribution in [2.75, 3.05) is 13.2 Å². The van der Waals surface area contributed by atoms with Crippen molar-refractivity contribution in [2.24, 2.45) is 0 Å². The summed E-state index contributed by atoms with van der Waals surface area (Å²) in [6.07, 6.45) is 0.227. The van der Waals surface area contributed by atoms with Gasteiger partial charge in [-0.25, -0.2) is 0 Å². The van der Waals surface area contributed by atoms with Gasteiger partial charge in [-0.15, -0.1) is 0 Å². The van der Waals surface area contributed by atoms with E-state index in [2.05, 4.69) is 5.32 Å². The molecule has 1 amide bonds. The lowest BCUT2D eigenvalue weighted by Crippen LogP contribution is -2.41. The van der Waals surface area contributed by atoms with Crippen molar-refractivity contribution in [1.29, 1.82) is 0 Å².